The molecular formula is C27H35N3O2. The standard InChI is InChI=1S/C27H35N3O2/c1-5-10-21-11-9-12-22(16-21)25(30(19(2)3)24-13-7-6-8-14-24)15-20(4)29-27(32)23-17-26(31)28-18-23/h11,15-16,23-24H,2,4-8,10,13-14,17-18H2,1,3H3,(H,28,31)(H,29,32)/b25-15-. The van der Waals surface area contributed by atoms with Gasteiger partial charge >= 0.3 is 0 Å². The molecule has 1 saturated heterocycles. The van der Waals surface area contributed by atoms with Crippen molar-refractivity contribution in [2.75, 3.05) is 6.54 Å². The first kappa shape index (κ1) is 23.7. The average Bonchev–Trinajstić information content (AvgIpc) is 3.21. The van der Waals surface area contributed by atoms with E-state index in [0.717, 1.165) is 42.7 Å². The Balaban J connectivity index is 1.92. The van der Waals surface area contributed by atoms with Crippen LogP contribution in [0.3, 0.4) is 0 Å². The molecule has 0 radical (unpaired) electrons. The van der Waals surface area contributed by atoms with Crippen molar-refractivity contribution >= 4 is 11.8 Å². The van der Waals surface area contributed by atoms with Gasteiger partial charge in [-0.25, -0.2) is 0 Å². The van der Waals surface area contributed by atoms with Crippen LogP contribution in [0.15, 0.2) is 71.1 Å². The number of hydrogen-bond donors (Lipinski definition) is 2. The monoisotopic (exact) mass is 433 g/mol. The molecule has 1 heterocycles. The van der Waals surface area contributed by atoms with E-state index in [2.05, 4.69) is 53.2 Å². The van der Waals surface area contributed by atoms with E-state index < -0.39 is 0 Å². The lowest BCUT2D eigenvalue weighted by molar-refractivity contribution is -0.125. The normalized spacial score (nSPS) is 21.0. The van der Waals surface area contributed by atoms with Crippen molar-refractivity contribution in [1.29, 1.82) is 0 Å². The van der Waals surface area contributed by atoms with Crippen LogP contribution in [0.25, 0.3) is 0 Å². The third kappa shape index (κ3) is 6.03. The van der Waals surface area contributed by atoms with E-state index in [1.807, 2.05) is 19.1 Å². The number of carbonyl (C=O) groups excluding carboxylic acids is 2. The molecule has 3 rings (SSSR count). The molecule has 1 aliphatic heterocycles. The summed E-state index contributed by atoms with van der Waals surface area (Å²) in [7, 11) is 0. The largest absolute Gasteiger partial charge is 0.355 e. The molecule has 5 heteroatoms. The summed E-state index contributed by atoms with van der Waals surface area (Å²) >= 11 is 0. The summed E-state index contributed by atoms with van der Waals surface area (Å²) in [5.41, 5.74) is 11.0. The van der Waals surface area contributed by atoms with Crippen LogP contribution in [0.2, 0.25) is 0 Å². The summed E-state index contributed by atoms with van der Waals surface area (Å²) in [5.74, 6) is -0.631. The molecule has 32 heavy (non-hydrogen) atoms. The zero-order valence-corrected chi connectivity index (χ0v) is 19.4. The van der Waals surface area contributed by atoms with E-state index in [1.165, 1.54) is 24.8 Å². The van der Waals surface area contributed by atoms with Crippen molar-refractivity contribution in [1.82, 2.24) is 15.5 Å². The van der Waals surface area contributed by atoms with Crippen molar-refractivity contribution < 1.29 is 9.59 Å². The maximum absolute atomic E-state index is 12.6. The summed E-state index contributed by atoms with van der Waals surface area (Å²) < 4.78 is 0. The van der Waals surface area contributed by atoms with Crippen molar-refractivity contribution in [2.45, 2.75) is 71.3 Å². The molecule has 0 aromatic carbocycles. The number of amides is 2. The fourth-order valence-corrected chi connectivity index (χ4v) is 4.62. The van der Waals surface area contributed by atoms with Gasteiger partial charge in [0.25, 0.3) is 0 Å². The lowest BCUT2D eigenvalue weighted by atomic mass is 9.92. The average molecular weight is 434 g/mol. The number of rotatable bonds is 9. The fraction of sp³-hybridized carbons (Fsp3) is 0.481. The van der Waals surface area contributed by atoms with E-state index in [-0.39, 0.29) is 24.2 Å². The van der Waals surface area contributed by atoms with Crippen LogP contribution in [-0.2, 0) is 9.59 Å². The van der Waals surface area contributed by atoms with Gasteiger partial charge in [0.05, 0.1) is 11.6 Å². The lowest BCUT2D eigenvalue weighted by Gasteiger charge is -2.38. The highest BCUT2D eigenvalue weighted by Crippen LogP contribution is 2.33. The minimum atomic E-state index is -0.362. The Kier molecular flexibility index (Phi) is 8.16. The molecule has 0 bridgehead atoms. The second kappa shape index (κ2) is 11.0. The van der Waals surface area contributed by atoms with E-state index in [4.69, 9.17) is 0 Å². The highest BCUT2D eigenvalue weighted by molar-refractivity contribution is 5.90. The van der Waals surface area contributed by atoms with Crippen LogP contribution >= 0.6 is 0 Å². The number of allylic oxidation sites excluding steroid dienone is 5. The molecule has 0 spiro atoms. The molecular weight excluding hydrogens is 398 g/mol. The van der Waals surface area contributed by atoms with E-state index in [1.54, 1.807) is 0 Å². The van der Waals surface area contributed by atoms with Gasteiger partial charge in [-0.3, -0.25) is 9.59 Å². The predicted molar refractivity (Wildman–Crippen MR) is 128 cm³/mol. The van der Waals surface area contributed by atoms with Gasteiger partial charge in [0.1, 0.15) is 0 Å². The Morgan fingerprint density at radius 1 is 1.31 bits per heavy atom. The van der Waals surface area contributed by atoms with Crippen LogP contribution in [0.4, 0.5) is 0 Å². The fourth-order valence-electron chi connectivity index (χ4n) is 4.62. The van der Waals surface area contributed by atoms with E-state index in [0.29, 0.717) is 18.3 Å². The lowest BCUT2D eigenvalue weighted by Crippen LogP contribution is -2.36. The summed E-state index contributed by atoms with van der Waals surface area (Å²) in [4.78, 5) is 26.4. The number of nitrogens with zero attached hydrogens (tertiary/aromatic N) is 1. The van der Waals surface area contributed by atoms with Gasteiger partial charge < -0.3 is 15.5 Å². The Morgan fingerprint density at radius 2 is 2.06 bits per heavy atom. The van der Waals surface area contributed by atoms with Gasteiger partial charge in [-0.15, -0.1) is 0 Å². The van der Waals surface area contributed by atoms with Gasteiger partial charge in [-0.1, -0.05) is 57.2 Å². The summed E-state index contributed by atoms with van der Waals surface area (Å²) in [6.07, 6.45) is 14.2. The zero-order valence-electron chi connectivity index (χ0n) is 19.4. The molecule has 0 aromatic heterocycles. The van der Waals surface area contributed by atoms with E-state index in [9.17, 15) is 9.59 Å². The number of nitrogens with one attached hydrogen (secondary N) is 2. The number of hydrogen-bond acceptors (Lipinski definition) is 3. The maximum Gasteiger partial charge on any atom is 0.229 e. The molecule has 3 aliphatic rings. The Labute approximate surface area is 192 Å². The first-order valence-corrected chi connectivity index (χ1v) is 11.7. The Hall–Kier alpha value is -3.00. The highest BCUT2D eigenvalue weighted by Gasteiger charge is 2.29. The zero-order chi connectivity index (χ0) is 23.1. The summed E-state index contributed by atoms with van der Waals surface area (Å²) in [6, 6.07) is 0.357. The third-order valence-corrected chi connectivity index (χ3v) is 6.16. The molecule has 170 valence electrons. The van der Waals surface area contributed by atoms with Crippen molar-refractivity contribution in [3.05, 3.63) is 71.1 Å². The van der Waals surface area contributed by atoms with Crippen LogP contribution in [0.1, 0.15) is 65.2 Å². The van der Waals surface area contributed by atoms with Gasteiger partial charge in [-0.2, -0.15) is 0 Å². The summed E-state index contributed by atoms with van der Waals surface area (Å²) in [6.45, 7) is 12.9. The quantitative estimate of drug-likeness (QED) is 0.406. The summed E-state index contributed by atoms with van der Waals surface area (Å²) in [5, 5.41) is 5.61. The molecule has 2 aliphatic carbocycles. The van der Waals surface area contributed by atoms with Gasteiger partial charge in [0, 0.05) is 36.0 Å². The van der Waals surface area contributed by atoms with Crippen LogP contribution in [0.5, 0.6) is 0 Å². The Bertz CT molecular complexity index is 949. The maximum atomic E-state index is 12.6. The molecule has 2 N–H and O–H groups in total. The molecule has 2 fully saturated rings. The molecule has 2 amide bonds. The molecule has 1 saturated carbocycles. The SMILES string of the molecule is C=C(/C=C(/C1=C=C=CC(CCC)=C1)N(C(=C)C)C1CCCCC1)NC(=O)C1CNC(=O)C1. The van der Waals surface area contributed by atoms with Crippen molar-refractivity contribution in [2.24, 2.45) is 5.92 Å². The predicted octanol–water partition coefficient (Wildman–Crippen LogP) is 4.78. The highest BCUT2D eigenvalue weighted by atomic mass is 16.2. The topological polar surface area (TPSA) is 61.4 Å². The smallest absolute Gasteiger partial charge is 0.229 e. The van der Waals surface area contributed by atoms with Crippen molar-refractivity contribution in [3.63, 3.8) is 0 Å². The Morgan fingerprint density at radius 3 is 2.69 bits per heavy atom. The minimum Gasteiger partial charge on any atom is -0.355 e. The molecule has 1 atom stereocenters. The minimum absolute atomic E-state index is 0.0874. The first-order valence-electron chi connectivity index (χ1n) is 11.7. The second-order valence-corrected chi connectivity index (χ2v) is 8.94. The van der Waals surface area contributed by atoms with Crippen LogP contribution in [0, 0.1) is 5.92 Å². The number of carbonyl (C=O) groups is 2. The van der Waals surface area contributed by atoms with Gasteiger partial charge in [-0.05, 0) is 50.0 Å². The van der Waals surface area contributed by atoms with E-state index >= 15 is 0 Å². The third-order valence-electron chi connectivity index (χ3n) is 6.16. The molecule has 0 aromatic rings. The van der Waals surface area contributed by atoms with Gasteiger partial charge in [0.15, 0.2) is 0 Å². The first-order chi connectivity index (χ1) is 15.4. The van der Waals surface area contributed by atoms with Crippen LogP contribution in [-0.4, -0.2) is 29.3 Å². The van der Waals surface area contributed by atoms with Gasteiger partial charge in [0.2, 0.25) is 11.8 Å². The molecule has 5 nitrogen and oxygen atoms in total. The van der Waals surface area contributed by atoms with Crippen LogP contribution < -0.4 is 10.6 Å². The molecule has 1 unspecified atom stereocenters. The second-order valence-electron chi connectivity index (χ2n) is 8.94. The van der Waals surface area contributed by atoms with Crippen molar-refractivity contribution in [3.8, 4) is 0 Å².